The van der Waals surface area contributed by atoms with Crippen molar-refractivity contribution in [3.05, 3.63) is 0 Å². The van der Waals surface area contributed by atoms with Gasteiger partial charge in [-0.25, -0.2) is 0 Å². The van der Waals surface area contributed by atoms with Gasteiger partial charge in [-0.3, -0.25) is 0 Å². The average molecular weight is 149 g/mol. The average Bonchev–Trinajstić information content (AvgIpc) is 1.00. The van der Waals surface area contributed by atoms with Crippen LogP contribution in [0.25, 0.3) is 0 Å². The normalized spacial score (nSPS) is 0.750. The maximum absolute atomic E-state index is 8.25. The minimum atomic E-state index is 0. The summed E-state index contributed by atoms with van der Waals surface area (Å²) < 4.78 is 8.25. The van der Waals surface area contributed by atoms with Crippen LogP contribution >= 0.6 is 9.90 Å². The van der Waals surface area contributed by atoms with Gasteiger partial charge in [-0.15, -0.1) is 0 Å². The first-order chi connectivity index (χ1) is 1.00. The van der Waals surface area contributed by atoms with E-state index in [9.17, 15) is 0 Å². The quantitative estimate of drug-likeness (QED) is 0.348. The van der Waals surface area contributed by atoms with Crippen LogP contribution < -0.4 is 0 Å². The van der Waals surface area contributed by atoms with Gasteiger partial charge in [-0.1, -0.05) is 0 Å². The van der Waals surface area contributed by atoms with Gasteiger partial charge in [0.1, 0.15) is 0 Å². The van der Waals surface area contributed by atoms with Crippen molar-refractivity contribution in [1.82, 2.24) is 0 Å². The van der Waals surface area contributed by atoms with Crippen molar-refractivity contribution in [3.8, 4) is 0 Å². The molecule has 0 spiro atoms. The Bertz CT molecular complexity index is 8.00. The molecule has 4 heavy (non-hydrogen) atoms. The third-order valence-corrected chi connectivity index (χ3v) is 0. The van der Waals surface area contributed by atoms with E-state index in [0.29, 0.717) is 0 Å². The topological polar surface area (TPSA) is 17.1 Å². The van der Waals surface area contributed by atoms with Crippen LogP contribution in [-0.4, -0.2) is 0 Å². The molecule has 0 amide bonds. The van der Waals surface area contributed by atoms with Crippen molar-refractivity contribution < 1.29 is 42.3 Å². The molecule has 0 heterocycles. The maximum Gasteiger partial charge on any atom is 0 e. The predicted molar refractivity (Wildman–Crippen MR) is 11.8 cm³/mol. The summed E-state index contributed by atoms with van der Waals surface area (Å²) in [7, 11) is 0. The smallest absolute Gasteiger partial charge is 0 e. The fourth-order valence-corrected chi connectivity index (χ4v) is 0. The second kappa shape index (κ2) is 24.1. The molecule has 1 radical (unpaired) electrons. The summed E-state index contributed by atoms with van der Waals surface area (Å²) in [6, 6.07) is 0. The van der Waals surface area contributed by atoms with E-state index in [-0.39, 0.29) is 28.5 Å². The zero-order chi connectivity index (χ0) is 2.00. The minimum absolute atomic E-state index is 0. The summed E-state index contributed by atoms with van der Waals surface area (Å²) in [5.41, 5.74) is 0. The van der Waals surface area contributed by atoms with Gasteiger partial charge in [0.15, 0.2) is 0 Å². The van der Waals surface area contributed by atoms with E-state index in [1.54, 1.807) is 0 Å². The largest absolute Gasteiger partial charge is 0 e. The molecule has 0 N–H and O–H groups in total. The molecule has 0 saturated heterocycles. The molecule has 0 bridgehead atoms. The second-order valence-electron chi connectivity index (χ2n) is 0. The summed E-state index contributed by atoms with van der Waals surface area (Å²) in [6.07, 6.45) is 0. The van der Waals surface area contributed by atoms with Crippen molar-refractivity contribution in [2.75, 3.05) is 0 Å². The molecule has 0 fully saturated rings. The Balaban J connectivity index is -0.00000000500. The minimum Gasteiger partial charge on any atom is 0 e. The van der Waals surface area contributed by atoms with Crippen LogP contribution in [0.1, 0.15) is 0 Å². The zero-order valence-electron chi connectivity index (χ0n) is 2.06. The van der Waals surface area contributed by atoms with Crippen LogP contribution in [-0.2, 0) is 42.3 Å². The van der Waals surface area contributed by atoms with Gasteiger partial charge in [0.05, 0.1) is 0 Å². The molecule has 0 aromatic heterocycles. The van der Waals surface area contributed by atoms with Gasteiger partial charge in [0.2, 0.25) is 0 Å². The molecule has 4 heteroatoms. The molecule has 1 nitrogen and oxygen atoms in total. The summed E-state index contributed by atoms with van der Waals surface area (Å²) in [6.45, 7) is 0. The Morgan fingerprint density at radius 2 is 1.25 bits per heavy atom. The maximum atomic E-state index is 8.25. The molecule has 0 aromatic carbocycles. The Morgan fingerprint density at radius 3 is 1.25 bits per heavy atom. The van der Waals surface area contributed by atoms with Gasteiger partial charge >= 0.3 is 23.7 Å². The van der Waals surface area contributed by atoms with E-state index in [1.165, 1.54) is 0 Å². The van der Waals surface area contributed by atoms with E-state index in [0.717, 1.165) is 20.4 Å². The van der Waals surface area contributed by atoms with Gasteiger partial charge in [-0.2, -0.15) is 9.90 Å². The third kappa shape index (κ3) is 9.66. The molecule has 0 aliphatic carbocycles. The van der Waals surface area contributed by atoms with Crippen LogP contribution in [0.3, 0.4) is 0 Å². The van der Waals surface area contributed by atoms with Crippen molar-refractivity contribution in [1.29, 1.82) is 0 Å². The molecule has 0 aliphatic rings. The zero-order valence-corrected chi connectivity index (χ0v) is 6.44. The third-order valence-electron chi connectivity index (χ3n) is 0. The predicted octanol–water partition coefficient (Wildman–Crippen LogP) is -0.0657. The molecule has 0 aliphatic heterocycles. The van der Waals surface area contributed by atoms with E-state index in [1.807, 2.05) is 0 Å². The van der Waals surface area contributed by atoms with E-state index < -0.39 is 0 Å². The van der Waals surface area contributed by atoms with Crippen molar-refractivity contribution in [3.63, 3.8) is 0 Å². The molecule has 0 aromatic rings. The van der Waals surface area contributed by atoms with Crippen molar-refractivity contribution in [2.45, 2.75) is 0 Å². The molecule has 0 rings (SSSR count). The molecule has 1 unspecified atom stereocenters. The van der Waals surface area contributed by atoms with Crippen molar-refractivity contribution in [2.24, 2.45) is 0 Å². The second-order valence-corrected chi connectivity index (χ2v) is 0. The van der Waals surface area contributed by atoms with Crippen molar-refractivity contribution >= 4 is 9.90 Å². The van der Waals surface area contributed by atoms with E-state index >= 15 is 0 Å². The van der Waals surface area contributed by atoms with Crippen LogP contribution in [0, 0.1) is 0 Å². The monoisotopic (exact) mass is 149 g/mol. The number of hydrogen-bond acceptors (Lipinski definition) is 1. The first kappa shape index (κ1) is 17.7. The standard InChI is InChI=1S/O.H3P.Ti.V/h;1H3;;. The SMILES string of the molecule is P.[O]=[Ti].[V]. The van der Waals surface area contributed by atoms with Crippen LogP contribution in [0.4, 0.5) is 0 Å². The Hall–Kier alpha value is 1.53. The van der Waals surface area contributed by atoms with E-state index in [4.69, 9.17) is 3.32 Å². The van der Waals surface area contributed by atoms with Crippen LogP contribution in [0.2, 0.25) is 0 Å². The summed E-state index contributed by atoms with van der Waals surface area (Å²) in [5.74, 6) is 0. The van der Waals surface area contributed by atoms with Crippen LogP contribution in [0.15, 0.2) is 0 Å². The van der Waals surface area contributed by atoms with E-state index in [2.05, 4.69) is 0 Å². The van der Waals surface area contributed by atoms with Gasteiger partial charge < -0.3 is 0 Å². The number of rotatable bonds is 0. The Morgan fingerprint density at radius 1 is 1.25 bits per heavy atom. The molecule has 1 atom stereocenters. The molecular formula is H3OPTiV. The molecule has 0 saturated carbocycles. The van der Waals surface area contributed by atoms with Crippen LogP contribution in [0.5, 0.6) is 0 Å². The Kier molecular flexibility index (Phi) is 107. The number of hydrogen-bond donors (Lipinski definition) is 0. The first-order valence-corrected chi connectivity index (χ1v) is 0.842. The summed E-state index contributed by atoms with van der Waals surface area (Å²) in [5, 5.41) is 0. The molecular weight excluding hydrogens is 146 g/mol. The van der Waals surface area contributed by atoms with Gasteiger partial charge in [-0.05, 0) is 0 Å². The van der Waals surface area contributed by atoms with Gasteiger partial charge in [0, 0.05) is 18.6 Å². The fraction of sp³-hybridized carbons (Fsp3) is 0. The van der Waals surface area contributed by atoms with Gasteiger partial charge in [0.25, 0.3) is 0 Å². The fourth-order valence-electron chi connectivity index (χ4n) is 0. The summed E-state index contributed by atoms with van der Waals surface area (Å²) in [4.78, 5) is 0. The summed E-state index contributed by atoms with van der Waals surface area (Å²) >= 11 is 0.750. The molecule has 23 valence electrons. The Labute approximate surface area is 52.1 Å². The first-order valence-electron chi connectivity index (χ1n) is 0.204.